The first-order chi connectivity index (χ1) is 9.74. The van der Waals surface area contributed by atoms with Crippen molar-refractivity contribution >= 4 is 0 Å². The van der Waals surface area contributed by atoms with E-state index in [2.05, 4.69) is 54.7 Å². The van der Waals surface area contributed by atoms with Crippen molar-refractivity contribution in [3.05, 3.63) is 53.9 Å². The Morgan fingerprint density at radius 2 is 2.00 bits per heavy atom. The first-order valence-corrected chi connectivity index (χ1v) is 7.28. The highest BCUT2D eigenvalue weighted by Gasteiger charge is 2.15. The van der Waals surface area contributed by atoms with Crippen molar-refractivity contribution < 1.29 is 0 Å². The molecule has 0 spiro atoms. The van der Waals surface area contributed by atoms with Gasteiger partial charge >= 0.3 is 0 Å². The third kappa shape index (κ3) is 3.68. The maximum absolute atomic E-state index is 5.91. The fourth-order valence-corrected chi connectivity index (χ4v) is 2.35. The fraction of sp³-hybridized carbons (Fsp3) is 0.438. The van der Waals surface area contributed by atoms with Crippen LogP contribution in [0.25, 0.3) is 0 Å². The van der Waals surface area contributed by atoms with Crippen LogP contribution in [-0.2, 0) is 6.54 Å². The second kappa shape index (κ2) is 7.22. The summed E-state index contributed by atoms with van der Waals surface area (Å²) in [6.45, 7) is 5.83. The third-order valence-corrected chi connectivity index (χ3v) is 3.49. The quantitative estimate of drug-likeness (QED) is 0.814. The van der Waals surface area contributed by atoms with E-state index in [-0.39, 0.29) is 12.1 Å². The maximum atomic E-state index is 5.91. The summed E-state index contributed by atoms with van der Waals surface area (Å²) in [5.74, 6) is 0. The van der Waals surface area contributed by atoms with E-state index in [4.69, 9.17) is 5.73 Å². The number of nitrogens with one attached hydrogen (secondary N) is 1. The number of rotatable bonds is 7. The Hall–Kier alpha value is -1.65. The van der Waals surface area contributed by atoms with Crippen LogP contribution in [0.5, 0.6) is 0 Å². The average molecular weight is 272 g/mol. The summed E-state index contributed by atoms with van der Waals surface area (Å²) >= 11 is 0. The van der Waals surface area contributed by atoms with Crippen LogP contribution >= 0.6 is 0 Å². The molecule has 0 saturated carbocycles. The molecule has 20 heavy (non-hydrogen) atoms. The molecule has 0 fully saturated rings. The first kappa shape index (κ1) is 14.8. The Morgan fingerprint density at radius 3 is 2.65 bits per heavy atom. The molecule has 2 rings (SSSR count). The standard InChI is InChI=1S/C16H24N4/c1-3-9-20-12-15(11-18-20)16(10-17)19-13(2)14-7-5-4-6-8-14/h4-8,11-13,16,19H,3,9-10,17H2,1-2H3. The molecule has 2 aromatic rings. The molecular weight excluding hydrogens is 248 g/mol. The van der Waals surface area contributed by atoms with Gasteiger partial charge in [0.1, 0.15) is 0 Å². The predicted molar refractivity (Wildman–Crippen MR) is 82.3 cm³/mol. The van der Waals surface area contributed by atoms with Gasteiger partial charge in [0.2, 0.25) is 0 Å². The van der Waals surface area contributed by atoms with Crippen LogP contribution in [0.15, 0.2) is 42.7 Å². The van der Waals surface area contributed by atoms with Gasteiger partial charge in [-0.3, -0.25) is 4.68 Å². The molecule has 0 amide bonds. The summed E-state index contributed by atoms with van der Waals surface area (Å²) < 4.78 is 1.98. The molecule has 4 heteroatoms. The van der Waals surface area contributed by atoms with E-state index in [9.17, 15) is 0 Å². The molecule has 2 unspecified atom stereocenters. The zero-order valence-corrected chi connectivity index (χ0v) is 12.3. The Balaban J connectivity index is 2.04. The van der Waals surface area contributed by atoms with E-state index in [1.807, 2.05) is 16.9 Å². The molecule has 1 aromatic heterocycles. The van der Waals surface area contributed by atoms with Gasteiger partial charge in [0.15, 0.2) is 0 Å². The van der Waals surface area contributed by atoms with Crippen LogP contribution in [-0.4, -0.2) is 16.3 Å². The zero-order valence-electron chi connectivity index (χ0n) is 12.3. The van der Waals surface area contributed by atoms with Gasteiger partial charge in [-0.1, -0.05) is 37.3 Å². The molecule has 0 saturated heterocycles. The summed E-state index contributed by atoms with van der Waals surface area (Å²) in [5.41, 5.74) is 8.34. The summed E-state index contributed by atoms with van der Waals surface area (Å²) in [7, 11) is 0. The molecule has 4 nitrogen and oxygen atoms in total. The number of hydrogen-bond acceptors (Lipinski definition) is 3. The summed E-state index contributed by atoms with van der Waals surface area (Å²) in [4.78, 5) is 0. The van der Waals surface area contributed by atoms with Crippen molar-refractivity contribution in [1.29, 1.82) is 0 Å². The fourth-order valence-electron chi connectivity index (χ4n) is 2.35. The van der Waals surface area contributed by atoms with Gasteiger partial charge in [0.25, 0.3) is 0 Å². The average Bonchev–Trinajstić information content (AvgIpc) is 2.94. The normalized spacial score (nSPS) is 14.2. The van der Waals surface area contributed by atoms with Crippen LogP contribution in [0, 0.1) is 0 Å². The van der Waals surface area contributed by atoms with Gasteiger partial charge in [-0.05, 0) is 18.9 Å². The molecule has 3 N–H and O–H groups in total. The zero-order chi connectivity index (χ0) is 14.4. The lowest BCUT2D eigenvalue weighted by atomic mass is 10.1. The minimum Gasteiger partial charge on any atom is -0.329 e. The van der Waals surface area contributed by atoms with E-state index in [0.717, 1.165) is 18.5 Å². The summed E-state index contributed by atoms with van der Waals surface area (Å²) in [5, 5.41) is 7.95. The second-order valence-corrected chi connectivity index (χ2v) is 5.12. The number of nitrogens with two attached hydrogens (primary N) is 1. The highest BCUT2D eigenvalue weighted by Crippen LogP contribution is 2.18. The predicted octanol–water partition coefficient (Wildman–Crippen LogP) is 2.64. The Morgan fingerprint density at radius 1 is 1.25 bits per heavy atom. The number of nitrogens with zero attached hydrogens (tertiary/aromatic N) is 2. The van der Waals surface area contributed by atoms with E-state index >= 15 is 0 Å². The molecule has 0 aliphatic rings. The van der Waals surface area contributed by atoms with Gasteiger partial charge in [-0.15, -0.1) is 0 Å². The topological polar surface area (TPSA) is 55.9 Å². The lowest BCUT2D eigenvalue weighted by molar-refractivity contribution is 0.472. The lowest BCUT2D eigenvalue weighted by Crippen LogP contribution is -2.30. The van der Waals surface area contributed by atoms with Crippen LogP contribution in [0.2, 0.25) is 0 Å². The van der Waals surface area contributed by atoms with Crippen molar-refractivity contribution in [1.82, 2.24) is 15.1 Å². The Kier molecular flexibility index (Phi) is 5.32. The van der Waals surface area contributed by atoms with Crippen molar-refractivity contribution in [2.24, 2.45) is 5.73 Å². The first-order valence-electron chi connectivity index (χ1n) is 7.28. The monoisotopic (exact) mass is 272 g/mol. The smallest absolute Gasteiger partial charge is 0.0538 e. The van der Waals surface area contributed by atoms with Crippen molar-refractivity contribution in [3.63, 3.8) is 0 Å². The molecule has 0 radical (unpaired) electrons. The van der Waals surface area contributed by atoms with Crippen LogP contribution < -0.4 is 11.1 Å². The van der Waals surface area contributed by atoms with Crippen LogP contribution in [0.1, 0.15) is 43.5 Å². The molecular formula is C16H24N4. The van der Waals surface area contributed by atoms with E-state index < -0.39 is 0 Å². The van der Waals surface area contributed by atoms with Gasteiger partial charge in [0.05, 0.1) is 6.20 Å². The molecule has 0 bridgehead atoms. The highest BCUT2D eigenvalue weighted by molar-refractivity contribution is 5.19. The minimum absolute atomic E-state index is 0.135. The van der Waals surface area contributed by atoms with Gasteiger partial charge < -0.3 is 11.1 Å². The van der Waals surface area contributed by atoms with Crippen LogP contribution in [0.3, 0.4) is 0 Å². The van der Waals surface area contributed by atoms with Crippen molar-refractivity contribution in [2.75, 3.05) is 6.54 Å². The molecule has 108 valence electrons. The molecule has 1 heterocycles. The SMILES string of the molecule is CCCn1cc(C(CN)NC(C)c2ccccc2)cn1. The number of aryl methyl sites for hydroxylation is 1. The number of hydrogen-bond donors (Lipinski definition) is 2. The molecule has 1 aromatic carbocycles. The third-order valence-electron chi connectivity index (χ3n) is 3.49. The van der Waals surface area contributed by atoms with E-state index in [0.29, 0.717) is 6.54 Å². The van der Waals surface area contributed by atoms with Gasteiger partial charge in [0, 0.05) is 36.9 Å². The Bertz CT molecular complexity index is 506. The number of benzene rings is 1. The lowest BCUT2D eigenvalue weighted by Gasteiger charge is -2.21. The maximum Gasteiger partial charge on any atom is 0.0538 e. The van der Waals surface area contributed by atoms with E-state index in [1.54, 1.807) is 0 Å². The summed E-state index contributed by atoms with van der Waals surface area (Å²) in [6.07, 6.45) is 5.09. The van der Waals surface area contributed by atoms with Crippen LogP contribution in [0.4, 0.5) is 0 Å². The van der Waals surface area contributed by atoms with Crippen molar-refractivity contribution in [2.45, 2.75) is 38.9 Å². The highest BCUT2D eigenvalue weighted by atomic mass is 15.3. The van der Waals surface area contributed by atoms with Gasteiger partial charge in [-0.2, -0.15) is 5.10 Å². The largest absolute Gasteiger partial charge is 0.329 e. The molecule has 2 atom stereocenters. The van der Waals surface area contributed by atoms with Gasteiger partial charge in [-0.25, -0.2) is 0 Å². The molecule has 0 aliphatic heterocycles. The van der Waals surface area contributed by atoms with Crippen molar-refractivity contribution in [3.8, 4) is 0 Å². The Labute approximate surface area is 121 Å². The van der Waals surface area contributed by atoms with E-state index in [1.165, 1.54) is 5.56 Å². The molecule has 0 aliphatic carbocycles. The summed E-state index contributed by atoms with van der Waals surface area (Å²) in [6, 6.07) is 10.8. The number of aromatic nitrogens is 2. The second-order valence-electron chi connectivity index (χ2n) is 5.12. The minimum atomic E-state index is 0.135.